The highest BCUT2D eigenvalue weighted by Crippen LogP contribution is 2.48. The molecular weight excluding hydrogens is 511 g/mol. The predicted molar refractivity (Wildman–Crippen MR) is 174 cm³/mol. The van der Waals surface area contributed by atoms with Crippen molar-refractivity contribution in [3.8, 4) is 0 Å². The molecule has 0 saturated carbocycles. The molecular formula is C36H45O3P. The summed E-state index contributed by atoms with van der Waals surface area (Å²) < 4.78 is 12.2. The molecule has 0 unspecified atom stereocenters. The smallest absolute Gasteiger partial charge is 0.324 e. The quantitative estimate of drug-likeness (QED) is 0.132. The van der Waals surface area contributed by atoms with Gasteiger partial charge in [0.15, 0.2) is 0 Å². The molecule has 0 bridgehead atoms. The fourth-order valence-corrected chi connectivity index (χ4v) is 7.39. The maximum absolute atomic E-state index is 12.2. The van der Waals surface area contributed by atoms with Crippen LogP contribution in [0.4, 0.5) is 0 Å². The van der Waals surface area contributed by atoms with E-state index in [1.165, 1.54) is 49.0 Å². The van der Waals surface area contributed by atoms with Gasteiger partial charge in [0.2, 0.25) is 0 Å². The molecule has 0 aliphatic carbocycles. The Hall–Kier alpha value is -2.45. The van der Waals surface area contributed by atoms with Crippen LogP contribution in [0.15, 0.2) is 48.5 Å². The van der Waals surface area contributed by atoms with Crippen molar-refractivity contribution in [2.45, 2.75) is 97.8 Å². The van der Waals surface area contributed by atoms with Gasteiger partial charge in [-0.1, -0.05) is 100 Å². The largest absolute Gasteiger partial charge is 0.326 e. The summed E-state index contributed by atoms with van der Waals surface area (Å²) in [4.78, 5) is 19.9. The van der Waals surface area contributed by atoms with Gasteiger partial charge in [0.05, 0.1) is 6.16 Å². The van der Waals surface area contributed by atoms with Crippen LogP contribution >= 0.6 is 7.60 Å². The van der Waals surface area contributed by atoms with Gasteiger partial charge >= 0.3 is 7.60 Å². The lowest BCUT2D eigenvalue weighted by atomic mass is 9.76. The Balaban J connectivity index is 2.08. The molecule has 5 aromatic carbocycles. The summed E-state index contributed by atoms with van der Waals surface area (Å²) in [6.07, 6.45) is -0.195. The van der Waals surface area contributed by atoms with Crippen LogP contribution in [0.2, 0.25) is 0 Å². The number of hydrogen-bond donors (Lipinski definition) is 2. The molecule has 212 valence electrons. The van der Waals surface area contributed by atoms with Gasteiger partial charge in [-0.15, -0.1) is 0 Å². The number of rotatable bonds is 3. The zero-order valence-electron chi connectivity index (χ0n) is 26.1. The Morgan fingerprint density at radius 3 is 1.05 bits per heavy atom. The van der Waals surface area contributed by atoms with E-state index in [9.17, 15) is 14.4 Å². The minimum Gasteiger partial charge on any atom is -0.324 e. The van der Waals surface area contributed by atoms with Crippen molar-refractivity contribution in [2.75, 3.05) is 6.16 Å². The molecule has 0 heterocycles. The van der Waals surface area contributed by atoms with Crippen LogP contribution < -0.4 is 0 Å². The van der Waals surface area contributed by atoms with E-state index in [4.69, 9.17) is 0 Å². The van der Waals surface area contributed by atoms with E-state index >= 15 is 0 Å². The monoisotopic (exact) mass is 556 g/mol. The molecule has 0 aromatic heterocycles. The van der Waals surface area contributed by atoms with Crippen LogP contribution in [-0.2, 0) is 26.2 Å². The van der Waals surface area contributed by atoms with Crippen LogP contribution in [-0.4, -0.2) is 15.9 Å². The maximum Gasteiger partial charge on any atom is 0.326 e. The second-order valence-corrected chi connectivity index (χ2v) is 17.4. The summed E-state index contributed by atoms with van der Waals surface area (Å²) in [5.74, 6) is 0. The molecule has 0 aliphatic heterocycles. The Morgan fingerprint density at radius 1 is 0.500 bits per heavy atom. The Labute approximate surface area is 239 Å². The summed E-state index contributed by atoms with van der Waals surface area (Å²) >= 11 is 0. The topological polar surface area (TPSA) is 57.5 Å². The first kappa shape index (κ1) is 29.1. The first-order chi connectivity index (χ1) is 18.1. The van der Waals surface area contributed by atoms with E-state index in [2.05, 4.69) is 111 Å². The van der Waals surface area contributed by atoms with Gasteiger partial charge in [-0.25, -0.2) is 0 Å². The van der Waals surface area contributed by atoms with Crippen molar-refractivity contribution in [3.63, 3.8) is 0 Å². The molecule has 0 spiro atoms. The van der Waals surface area contributed by atoms with Crippen molar-refractivity contribution in [1.82, 2.24) is 0 Å². The SMILES string of the molecule is CC(C)(C)c1cc2cc(C(C)(C)C)cc3c4cc(C(C)(C)CP(=O)(O)O)cc5cc(C(C)(C)C)cc(c(c1)c23)c54. The highest BCUT2D eigenvalue weighted by Gasteiger charge is 2.32. The Kier molecular flexibility index (Phi) is 6.37. The van der Waals surface area contributed by atoms with Crippen LogP contribution in [0.5, 0.6) is 0 Å². The van der Waals surface area contributed by atoms with Gasteiger partial charge in [0.25, 0.3) is 0 Å². The molecule has 0 saturated heterocycles. The zero-order chi connectivity index (χ0) is 29.8. The molecule has 0 amide bonds. The van der Waals surface area contributed by atoms with E-state index in [1.807, 2.05) is 13.8 Å². The average Bonchev–Trinajstić information content (AvgIpc) is 2.77. The Bertz CT molecular complexity index is 1830. The highest BCUT2D eigenvalue weighted by atomic mass is 31.2. The van der Waals surface area contributed by atoms with Gasteiger partial charge in [-0.3, -0.25) is 4.57 Å². The normalized spacial score (nSPS) is 14.3. The van der Waals surface area contributed by atoms with Gasteiger partial charge in [-0.2, -0.15) is 0 Å². The zero-order valence-corrected chi connectivity index (χ0v) is 27.0. The molecule has 5 aromatic rings. The third-order valence-corrected chi connectivity index (χ3v) is 9.86. The maximum atomic E-state index is 12.2. The molecule has 0 atom stereocenters. The van der Waals surface area contributed by atoms with Gasteiger partial charge in [-0.05, 0) is 106 Å². The first-order valence-corrected chi connectivity index (χ1v) is 16.2. The predicted octanol–water partition coefficient (Wildman–Crippen LogP) is 10.1. The molecule has 4 heteroatoms. The minimum atomic E-state index is -4.22. The first-order valence-electron chi connectivity index (χ1n) is 14.4. The van der Waals surface area contributed by atoms with E-state index < -0.39 is 13.0 Å². The van der Waals surface area contributed by atoms with E-state index in [0.29, 0.717) is 0 Å². The highest BCUT2D eigenvalue weighted by molar-refractivity contribution is 7.51. The van der Waals surface area contributed by atoms with Crippen LogP contribution in [0.1, 0.15) is 98.4 Å². The van der Waals surface area contributed by atoms with Crippen molar-refractivity contribution in [1.29, 1.82) is 0 Å². The van der Waals surface area contributed by atoms with Crippen LogP contribution in [0.25, 0.3) is 43.1 Å². The number of hydrogen-bond acceptors (Lipinski definition) is 1. The van der Waals surface area contributed by atoms with E-state index in [0.717, 1.165) is 16.3 Å². The second-order valence-electron chi connectivity index (χ2n) is 15.7. The summed E-state index contributed by atoms with van der Waals surface area (Å²) in [7, 11) is -4.22. The third kappa shape index (κ3) is 5.06. The third-order valence-electron chi connectivity index (χ3n) is 8.66. The molecule has 40 heavy (non-hydrogen) atoms. The van der Waals surface area contributed by atoms with Crippen LogP contribution in [0.3, 0.4) is 0 Å². The van der Waals surface area contributed by atoms with Crippen LogP contribution in [0, 0.1) is 0 Å². The molecule has 0 aliphatic rings. The summed E-state index contributed by atoms with van der Waals surface area (Å²) in [6.45, 7) is 24.3. The lowest BCUT2D eigenvalue weighted by Gasteiger charge is -2.29. The summed E-state index contributed by atoms with van der Waals surface area (Å²) in [5, 5.41) is 9.80. The number of benzene rings is 5. The van der Waals surface area contributed by atoms with E-state index in [-0.39, 0.29) is 22.4 Å². The summed E-state index contributed by atoms with van der Waals surface area (Å²) in [6, 6.07) is 18.6. The average molecular weight is 557 g/mol. The minimum absolute atomic E-state index is 0.0000307. The lowest BCUT2D eigenvalue weighted by molar-refractivity contribution is 0.359. The fourth-order valence-electron chi connectivity index (χ4n) is 6.18. The standard InChI is InChI=1S/C36H45O3P/c1-33(2,3)23-12-21-13-24(34(4,5)6)18-29-30-19-26(36(10,11)20-40(37,38)39)15-22-14-25(35(7,8)9)17-28(32(22)30)27(16-23)31(21)29/h12-19H,20H2,1-11H3,(H2,37,38,39). The van der Waals surface area contributed by atoms with Crippen molar-refractivity contribution >= 4 is 50.7 Å². The Morgan fingerprint density at radius 2 is 0.775 bits per heavy atom. The van der Waals surface area contributed by atoms with Crippen molar-refractivity contribution < 1.29 is 14.4 Å². The fraction of sp³-hybridized carbons (Fsp3) is 0.444. The van der Waals surface area contributed by atoms with E-state index in [1.54, 1.807) is 0 Å². The van der Waals surface area contributed by atoms with Gasteiger partial charge < -0.3 is 9.79 Å². The van der Waals surface area contributed by atoms with Gasteiger partial charge in [0.1, 0.15) is 0 Å². The number of fused-ring (bicyclic) bond motifs is 2. The summed E-state index contributed by atoms with van der Waals surface area (Å²) in [5.41, 5.74) is 4.04. The second kappa shape index (κ2) is 8.78. The molecule has 3 nitrogen and oxygen atoms in total. The molecule has 0 radical (unpaired) electrons. The van der Waals surface area contributed by atoms with Crippen molar-refractivity contribution in [2.24, 2.45) is 0 Å². The van der Waals surface area contributed by atoms with Gasteiger partial charge in [0, 0.05) is 5.41 Å². The molecule has 5 rings (SSSR count). The molecule has 0 fully saturated rings. The lowest BCUT2D eigenvalue weighted by Crippen LogP contribution is -2.22. The van der Waals surface area contributed by atoms with Crippen molar-refractivity contribution in [3.05, 3.63) is 70.8 Å². The molecule has 2 N–H and O–H groups in total.